The Morgan fingerprint density at radius 3 is 2.50 bits per heavy atom. The Hall–Kier alpha value is -3.00. The van der Waals surface area contributed by atoms with Gasteiger partial charge in [-0.15, -0.1) is 10.2 Å². The van der Waals surface area contributed by atoms with Gasteiger partial charge in [0.05, 0.1) is 18.0 Å². The monoisotopic (exact) mass is 454 g/mol. The van der Waals surface area contributed by atoms with Crippen LogP contribution in [0.25, 0.3) is 0 Å². The molecule has 3 rings (SSSR count). The summed E-state index contributed by atoms with van der Waals surface area (Å²) in [5.41, 5.74) is 0.644. The van der Waals surface area contributed by atoms with Gasteiger partial charge in [0.25, 0.3) is 0 Å². The highest BCUT2D eigenvalue weighted by Crippen LogP contribution is 2.27. The Bertz CT molecular complexity index is 1010. The number of carbonyl (C=O) groups is 1. The third-order valence-corrected chi connectivity index (χ3v) is 5.93. The minimum absolute atomic E-state index is 0.125. The molecule has 1 unspecified atom stereocenters. The van der Waals surface area contributed by atoms with Gasteiger partial charge in [0.2, 0.25) is 5.91 Å². The van der Waals surface area contributed by atoms with E-state index in [0.29, 0.717) is 29.1 Å². The fraction of sp³-hybridized carbons (Fsp3) is 0.375. The predicted octanol–water partition coefficient (Wildman–Crippen LogP) is 5.03. The van der Waals surface area contributed by atoms with Gasteiger partial charge in [0, 0.05) is 6.54 Å². The molecule has 170 valence electrons. The predicted molar refractivity (Wildman–Crippen MR) is 127 cm³/mol. The molecule has 1 amide bonds. The number of para-hydroxylation sites is 3. The van der Waals surface area contributed by atoms with E-state index in [2.05, 4.69) is 33.9 Å². The van der Waals surface area contributed by atoms with Gasteiger partial charge >= 0.3 is 0 Å². The van der Waals surface area contributed by atoms with Crippen molar-refractivity contribution in [1.29, 1.82) is 0 Å². The average molecular weight is 455 g/mol. The average Bonchev–Trinajstić information content (AvgIpc) is 3.18. The molecule has 0 aliphatic heterocycles. The molecule has 0 saturated heterocycles. The van der Waals surface area contributed by atoms with Crippen LogP contribution in [0.4, 0.5) is 5.69 Å². The van der Waals surface area contributed by atoms with Crippen LogP contribution < -0.4 is 14.8 Å². The number of thioether (sulfide) groups is 1. The number of hydrogen-bond donors (Lipinski definition) is 1. The van der Waals surface area contributed by atoms with Crippen molar-refractivity contribution < 1.29 is 14.3 Å². The first kappa shape index (κ1) is 23.7. The van der Waals surface area contributed by atoms with E-state index < -0.39 is 0 Å². The van der Waals surface area contributed by atoms with E-state index in [-0.39, 0.29) is 11.2 Å². The Kier molecular flexibility index (Phi) is 8.56. The SMILES string of the molecule is COc1ccccc1NC(=O)C(C)Sc1nnc(COc2ccccc2)n1CCC(C)C. The summed E-state index contributed by atoms with van der Waals surface area (Å²) in [6.07, 6.45) is 0.978. The van der Waals surface area contributed by atoms with Crippen molar-refractivity contribution in [2.75, 3.05) is 12.4 Å². The molecule has 1 aromatic heterocycles. The third-order valence-electron chi connectivity index (χ3n) is 4.85. The third kappa shape index (κ3) is 6.50. The first-order chi connectivity index (χ1) is 15.5. The summed E-state index contributed by atoms with van der Waals surface area (Å²) < 4.78 is 13.3. The van der Waals surface area contributed by atoms with Gasteiger partial charge in [-0.2, -0.15) is 0 Å². The maximum atomic E-state index is 12.8. The van der Waals surface area contributed by atoms with Crippen molar-refractivity contribution in [3.05, 3.63) is 60.4 Å². The summed E-state index contributed by atoms with van der Waals surface area (Å²) in [7, 11) is 1.58. The quantitative estimate of drug-likeness (QED) is 0.409. The van der Waals surface area contributed by atoms with Crippen molar-refractivity contribution >= 4 is 23.4 Å². The number of carbonyl (C=O) groups excluding carboxylic acids is 1. The van der Waals surface area contributed by atoms with Crippen LogP contribution in [-0.4, -0.2) is 33.0 Å². The maximum Gasteiger partial charge on any atom is 0.237 e. The molecule has 32 heavy (non-hydrogen) atoms. The number of amides is 1. The van der Waals surface area contributed by atoms with Crippen molar-refractivity contribution in [2.45, 2.75) is 50.8 Å². The molecular weight excluding hydrogens is 424 g/mol. The Morgan fingerprint density at radius 1 is 1.06 bits per heavy atom. The summed E-state index contributed by atoms with van der Waals surface area (Å²) in [6, 6.07) is 17.0. The first-order valence-electron chi connectivity index (χ1n) is 10.7. The lowest BCUT2D eigenvalue weighted by atomic mass is 10.1. The minimum Gasteiger partial charge on any atom is -0.495 e. The highest BCUT2D eigenvalue weighted by molar-refractivity contribution is 8.00. The zero-order chi connectivity index (χ0) is 22.9. The second-order valence-corrected chi connectivity index (χ2v) is 9.09. The van der Waals surface area contributed by atoms with Crippen molar-refractivity contribution in [1.82, 2.24) is 14.8 Å². The van der Waals surface area contributed by atoms with Gasteiger partial charge < -0.3 is 19.4 Å². The molecular formula is C24H30N4O3S. The standard InChI is InChI=1S/C24H30N4O3S/c1-17(2)14-15-28-22(16-31-19-10-6-5-7-11-19)26-27-24(28)32-18(3)23(29)25-20-12-8-9-13-21(20)30-4/h5-13,17-18H,14-16H2,1-4H3,(H,25,29). The van der Waals surface area contributed by atoms with Gasteiger partial charge in [0.15, 0.2) is 11.0 Å². The fourth-order valence-corrected chi connectivity index (χ4v) is 3.88. The van der Waals surface area contributed by atoms with Crippen molar-refractivity contribution in [3.8, 4) is 11.5 Å². The topological polar surface area (TPSA) is 78.3 Å². The fourth-order valence-electron chi connectivity index (χ4n) is 2.98. The van der Waals surface area contributed by atoms with Gasteiger partial charge in [0.1, 0.15) is 18.1 Å². The van der Waals surface area contributed by atoms with Crippen LogP contribution in [0.5, 0.6) is 11.5 Å². The molecule has 8 heteroatoms. The van der Waals surface area contributed by atoms with Gasteiger partial charge in [-0.1, -0.05) is 55.9 Å². The number of benzene rings is 2. The lowest BCUT2D eigenvalue weighted by Crippen LogP contribution is -2.23. The number of hydrogen-bond acceptors (Lipinski definition) is 6. The van der Waals surface area contributed by atoms with Crippen LogP contribution in [-0.2, 0) is 17.9 Å². The lowest BCUT2D eigenvalue weighted by Gasteiger charge is -2.16. The number of methoxy groups -OCH3 is 1. The number of anilines is 1. The van der Waals surface area contributed by atoms with Crippen molar-refractivity contribution in [3.63, 3.8) is 0 Å². The highest BCUT2D eigenvalue weighted by atomic mass is 32.2. The molecule has 1 atom stereocenters. The van der Waals surface area contributed by atoms with E-state index in [1.165, 1.54) is 11.8 Å². The Morgan fingerprint density at radius 2 is 1.78 bits per heavy atom. The minimum atomic E-state index is -0.371. The van der Waals surface area contributed by atoms with Crippen molar-refractivity contribution in [2.24, 2.45) is 5.92 Å². The normalized spacial score (nSPS) is 11.9. The number of ether oxygens (including phenoxy) is 2. The van der Waals surface area contributed by atoms with Crippen LogP contribution >= 0.6 is 11.8 Å². The lowest BCUT2D eigenvalue weighted by molar-refractivity contribution is -0.115. The van der Waals surface area contributed by atoms with Gasteiger partial charge in [-0.05, 0) is 43.5 Å². The second-order valence-electron chi connectivity index (χ2n) is 7.78. The second kappa shape index (κ2) is 11.6. The van der Waals surface area contributed by atoms with Crippen LogP contribution in [0.3, 0.4) is 0 Å². The molecule has 0 aliphatic rings. The molecule has 0 aliphatic carbocycles. The summed E-state index contributed by atoms with van der Waals surface area (Å²) >= 11 is 1.39. The summed E-state index contributed by atoms with van der Waals surface area (Å²) in [6.45, 7) is 7.30. The molecule has 2 aromatic carbocycles. The first-order valence-corrected chi connectivity index (χ1v) is 11.6. The smallest absolute Gasteiger partial charge is 0.237 e. The molecule has 0 spiro atoms. The van der Waals surface area contributed by atoms with E-state index in [9.17, 15) is 4.79 Å². The number of aromatic nitrogens is 3. The molecule has 1 heterocycles. The molecule has 1 N–H and O–H groups in total. The summed E-state index contributed by atoms with van der Waals surface area (Å²) in [4.78, 5) is 12.8. The van der Waals surface area contributed by atoms with E-state index >= 15 is 0 Å². The summed E-state index contributed by atoms with van der Waals surface area (Å²) in [5.74, 6) is 2.56. The largest absolute Gasteiger partial charge is 0.495 e. The molecule has 0 radical (unpaired) electrons. The van der Waals surface area contributed by atoms with Gasteiger partial charge in [-0.3, -0.25) is 4.79 Å². The molecule has 0 saturated carbocycles. The Balaban J connectivity index is 1.70. The Labute approximate surface area is 193 Å². The number of rotatable bonds is 11. The zero-order valence-electron chi connectivity index (χ0n) is 18.9. The van der Waals surface area contributed by atoms with E-state index in [0.717, 1.165) is 24.5 Å². The van der Waals surface area contributed by atoms with E-state index in [1.54, 1.807) is 7.11 Å². The zero-order valence-corrected chi connectivity index (χ0v) is 19.8. The number of nitrogens with zero attached hydrogens (tertiary/aromatic N) is 3. The van der Waals surface area contributed by atoms with E-state index in [1.807, 2.05) is 61.5 Å². The number of nitrogens with one attached hydrogen (secondary N) is 1. The maximum absolute atomic E-state index is 12.8. The summed E-state index contributed by atoms with van der Waals surface area (Å²) in [5, 5.41) is 12.0. The van der Waals surface area contributed by atoms with Crippen LogP contribution in [0.15, 0.2) is 59.8 Å². The molecule has 0 fully saturated rings. The molecule has 7 nitrogen and oxygen atoms in total. The molecule has 3 aromatic rings. The molecule has 0 bridgehead atoms. The van der Waals surface area contributed by atoms with Crippen LogP contribution in [0.1, 0.15) is 33.0 Å². The van der Waals surface area contributed by atoms with E-state index in [4.69, 9.17) is 9.47 Å². The van der Waals surface area contributed by atoms with Crippen LogP contribution in [0.2, 0.25) is 0 Å². The van der Waals surface area contributed by atoms with Gasteiger partial charge in [-0.25, -0.2) is 0 Å². The highest BCUT2D eigenvalue weighted by Gasteiger charge is 2.21. The van der Waals surface area contributed by atoms with Crippen LogP contribution in [0, 0.1) is 5.92 Å².